The van der Waals surface area contributed by atoms with Crippen LogP contribution in [0.5, 0.6) is 0 Å². The van der Waals surface area contributed by atoms with Crippen molar-refractivity contribution in [1.82, 2.24) is 15.0 Å². The summed E-state index contributed by atoms with van der Waals surface area (Å²) in [5, 5.41) is 4.88. The van der Waals surface area contributed by atoms with Gasteiger partial charge in [0.25, 0.3) is 0 Å². The quantitative estimate of drug-likeness (QED) is 0.170. The van der Waals surface area contributed by atoms with Crippen LogP contribution in [0.25, 0.3) is 77.7 Å². The molecule has 6 aromatic carbocycles. The van der Waals surface area contributed by atoms with Crippen molar-refractivity contribution >= 4 is 21.5 Å². The zero-order valence-electron chi connectivity index (χ0n) is 27.4. The molecular weight excluding hydrogens is 607 g/mol. The van der Waals surface area contributed by atoms with Crippen molar-refractivity contribution in [3.05, 3.63) is 188 Å². The Kier molecular flexibility index (Phi) is 7.64. The number of rotatable bonds is 6. The molecule has 0 radical (unpaired) electrons. The monoisotopic (exact) mass is 639 g/mol. The highest BCUT2D eigenvalue weighted by atomic mass is 14.9. The molecule has 3 nitrogen and oxygen atoms in total. The molecule has 2 aromatic heterocycles. The topological polar surface area (TPSA) is 38.7 Å². The van der Waals surface area contributed by atoms with E-state index in [1.54, 1.807) is 0 Å². The lowest BCUT2D eigenvalue weighted by Crippen LogP contribution is -2.04. The molecule has 0 aliphatic heterocycles. The van der Waals surface area contributed by atoms with Crippen LogP contribution in [0.1, 0.15) is 18.0 Å². The van der Waals surface area contributed by atoms with E-state index in [2.05, 4.69) is 157 Å². The molecule has 0 spiro atoms. The van der Waals surface area contributed by atoms with Crippen molar-refractivity contribution in [3.8, 4) is 56.2 Å². The first-order valence-corrected chi connectivity index (χ1v) is 17.1. The summed E-state index contributed by atoms with van der Waals surface area (Å²) in [6.45, 7) is 0. The molecule has 1 atom stereocenters. The number of allylic oxidation sites excluding steroid dienone is 4. The van der Waals surface area contributed by atoms with E-state index in [4.69, 9.17) is 9.97 Å². The third-order valence-corrected chi connectivity index (χ3v) is 9.61. The van der Waals surface area contributed by atoms with E-state index >= 15 is 0 Å². The van der Waals surface area contributed by atoms with Gasteiger partial charge in [0.05, 0.1) is 17.1 Å². The van der Waals surface area contributed by atoms with E-state index in [1.807, 2.05) is 30.5 Å². The minimum Gasteiger partial charge on any atom is -0.256 e. The lowest BCUT2D eigenvalue weighted by Gasteiger charge is -2.17. The maximum absolute atomic E-state index is 5.30. The van der Waals surface area contributed by atoms with Crippen LogP contribution >= 0.6 is 0 Å². The standard InChI is InChI=1S/C47H33N3/c1-3-13-33(14-4-1)44-31-45(34-15-5-2-6-16-34)50-47(49-44)40-29-38(32-22-24-35(25-23-32)43-21-11-12-26-48-43)28-39(30-40)46-41-19-9-7-17-36(41)27-37-18-8-10-20-42(37)46/h1-15,17-31,34H,16H2. The molecule has 0 N–H and O–H groups in total. The van der Waals surface area contributed by atoms with Crippen molar-refractivity contribution in [1.29, 1.82) is 0 Å². The Morgan fingerprint density at radius 2 is 1.12 bits per heavy atom. The Balaban J connectivity index is 1.29. The van der Waals surface area contributed by atoms with E-state index in [-0.39, 0.29) is 5.92 Å². The summed E-state index contributed by atoms with van der Waals surface area (Å²) in [6.07, 6.45) is 11.4. The van der Waals surface area contributed by atoms with Gasteiger partial charge < -0.3 is 0 Å². The van der Waals surface area contributed by atoms with Crippen LogP contribution in [0.4, 0.5) is 0 Å². The second kappa shape index (κ2) is 12.9. The minimum atomic E-state index is 0.188. The number of pyridine rings is 1. The minimum absolute atomic E-state index is 0.188. The van der Waals surface area contributed by atoms with E-state index in [9.17, 15) is 0 Å². The fourth-order valence-corrected chi connectivity index (χ4v) is 7.10. The Labute approximate surface area is 292 Å². The number of hydrogen-bond acceptors (Lipinski definition) is 3. The second-order valence-electron chi connectivity index (χ2n) is 12.8. The lowest BCUT2D eigenvalue weighted by atomic mass is 9.89. The third kappa shape index (κ3) is 5.69. The number of nitrogens with zero attached hydrogens (tertiary/aromatic N) is 3. The Morgan fingerprint density at radius 3 is 1.84 bits per heavy atom. The van der Waals surface area contributed by atoms with Crippen molar-refractivity contribution in [2.45, 2.75) is 12.3 Å². The number of fused-ring (bicyclic) bond motifs is 2. The maximum Gasteiger partial charge on any atom is 0.160 e. The molecule has 0 amide bonds. The van der Waals surface area contributed by atoms with Crippen molar-refractivity contribution < 1.29 is 0 Å². The predicted octanol–water partition coefficient (Wildman–Crippen LogP) is 12.1. The smallest absolute Gasteiger partial charge is 0.160 e. The van der Waals surface area contributed by atoms with Gasteiger partial charge in [-0.1, -0.05) is 133 Å². The van der Waals surface area contributed by atoms with Crippen LogP contribution in [-0.2, 0) is 0 Å². The Hall–Kier alpha value is -6.45. The highest BCUT2D eigenvalue weighted by molar-refractivity contribution is 6.13. The molecule has 1 unspecified atom stereocenters. The van der Waals surface area contributed by atoms with Gasteiger partial charge in [-0.25, -0.2) is 9.97 Å². The maximum atomic E-state index is 5.30. The van der Waals surface area contributed by atoms with Gasteiger partial charge in [-0.05, 0) is 92.7 Å². The Bertz CT molecular complexity index is 2500. The van der Waals surface area contributed by atoms with Gasteiger partial charge in [-0.2, -0.15) is 0 Å². The summed E-state index contributed by atoms with van der Waals surface area (Å²) in [5.74, 6) is 0.912. The van der Waals surface area contributed by atoms with E-state index < -0.39 is 0 Å². The Morgan fingerprint density at radius 1 is 0.460 bits per heavy atom. The van der Waals surface area contributed by atoms with Crippen LogP contribution in [0, 0.1) is 0 Å². The largest absolute Gasteiger partial charge is 0.256 e. The van der Waals surface area contributed by atoms with Gasteiger partial charge in [0.1, 0.15) is 0 Å². The molecule has 0 saturated carbocycles. The summed E-state index contributed by atoms with van der Waals surface area (Å²) in [6, 6.07) is 53.8. The molecular formula is C47H33N3. The first-order chi connectivity index (χ1) is 24.8. The van der Waals surface area contributed by atoms with E-state index in [0.29, 0.717) is 0 Å². The van der Waals surface area contributed by atoms with Gasteiger partial charge in [-0.3, -0.25) is 4.98 Å². The molecule has 50 heavy (non-hydrogen) atoms. The molecule has 0 bridgehead atoms. The molecule has 1 aliphatic rings. The molecule has 9 rings (SSSR count). The summed E-state index contributed by atoms with van der Waals surface area (Å²) >= 11 is 0. The average Bonchev–Trinajstić information content (AvgIpc) is 3.20. The van der Waals surface area contributed by atoms with Gasteiger partial charge in [0, 0.05) is 28.8 Å². The van der Waals surface area contributed by atoms with Crippen LogP contribution in [0.15, 0.2) is 182 Å². The van der Waals surface area contributed by atoms with Gasteiger partial charge in [0.15, 0.2) is 5.82 Å². The predicted molar refractivity (Wildman–Crippen MR) is 208 cm³/mol. The van der Waals surface area contributed by atoms with Crippen LogP contribution in [0.2, 0.25) is 0 Å². The first kappa shape index (κ1) is 29.7. The fourth-order valence-electron chi connectivity index (χ4n) is 7.10. The zero-order chi connectivity index (χ0) is 33.3. The zero-order valence-corrected chi connectivity index (χ0v) is 27.4. The highest BCUT2D eigenvalue weighted by Crippen LogP contribution is 2.40. The van der Waals surface area contributed by atoms with Crippen LogP contribution < -0.4 is 0 Å². The van der Waals surface area contributed by atoms with E-state index in [0.717, 1.165) is 62.7 Å². The molecule has 236 valence electrons. The summed E-state index contributed by atoms with van der Waals surface area (Å²) in [5.41, 5.74) is 10.6. The van der Waals surface area contributed by atoms with Gasteiger partial charge in [-0.15, -0.1) is 0 Å². The van der Waals surface area contributed by atoms with Gasteiger partial charge in [0.2, 0.25) is 0 Å². The molecule has 1 aliphatic carbocycles. The van der Waals surface area contributed by atoms with Crippen LogP contribution in [-0.4, -0.2) is 15.0 Å². The highest BCUT2D eigenvalue weighted by Gasteiger charge is 2.18. The average molecular weight is 640 g/mol. The van der Waals surface area contributed by atoms with Crippen molar-refractivity contribution in [3.63, 3.8) is 0 Å². The summed E-state index contributed by atoms with van der Waals surface area (Å²) in [4.78, 5) is 15.1. The SMILES string of the molecule is C1=CCC(c2cc(-c3ccccc3)nc(-c3cc(-c4ccc(-c5ccccn5)cc4)cc(-c4c5ccccc5cc5ccccc45)c3)n2)C=C1. The molecule has 0 fully saturated rings. The van der Waals surface area contributed by atoms with Crippen molar-refractivity contribution in [2.75, 3.05) is 0 Å². The normalized spacial score (nSPS) is 14.0. The first-order valence-electron chi connectivity index (χ1n) is 17.1. The van der Waals surface area contributed by atoms with Gasteiger partial charge >= 0.3 is 0 Å². The third-order valence-electron chi connectivity index (χ3n) is 9.61. The fraction of sp³-hybridized carbons (Fsp3) is 0.0426. The summed E-state index contributed by atoms with van der Waals surface area (Å²) < 4.78 is 0. The molecule has 8 aromatic rings. The summed E-state index contributed by atoms with van der Waals surface area (Å²) in [7, 11) is 0. The molecule has 0 saturated heterocycles. The molecule has 2 heterocycles. The number of aromatic nitrogens is 3. The molecule has 3 heteroatoms. The van der Waals surface area contributed by atoms with Crippen molar-refractivity contribution in [2.24, 2.45) is 0 Å². The van der Waals surface area contributed by atoms with Crippen LogP contribution in [0.3, 0.4) is 0 Å². The lowest BCUT2D eigenvalue weighted by molar-refractivity contribution is 0.811. The number of benzene rings is 6. The van der Waals surface area contributed by atoms with E-state index in [1.165, 1.54) is 27.1 Å². The number of hydrogen-bond donors (Lipinski definition) is 0. The second-order valence-corrected chi connectivity index (χ2v) is 12.8.